The molecule has 0 spiro atoms. The molecule has 2 heterocycles. The standard InChI is InChI=1S/C21H23N5O5/c1-13-18-15(20(28)31-12-17(27)24-21(29)22-9-10-30-3)11-16(14-7-5-4-6-8-14)23-19(18)26(2)25-13/h4-8,11H,9-10,12H2,1-3H3,(H2,22,24,27,29). The smallest absolute Gasteiger partial charge is 0.339 e. The molecule has 10 heteroatoms. The number of carbonyl (C=O) groups excluding carboxylic acids is 3. The zero-order chi connectivity index (χ0) is 22.4. The summed E-state index contributed by atoms with van der Waals surface area (Å²) in [4.78, 5) is 41.0. The van der Waals surface area contributed by atoms with Crippen LogP contribution in [-0.4, -0.2) is 59.5 Å². The third-order valence-corrected chi connectivity index (χ3v) is 4.44. The Morgan fingerprint density at radius 3 is 2.61 bits per heavy atom. The normalized spacial score (nSPS) is 10.7. The minimum Gasteiger partial charge on any atom is -0.452 e. The Kier molecular flexibility index (Phi) is 6.93. The Morgan fingerprint density at radius 2 is 1.90 bits per heavy atom. The van der Waals surface area contributed by atoms with Gasteiger partial charge in [0.1, 0.15) is 0 Å². The summed E-state index contributed by atoms with van der Waals surface area (Å²) < 4.78 is 11.6. The van der Waals surface area contributed by atoms with Gasteiger partial charge in [-0.2, -0.15) is 5.10 Å². The van der Waals surface area contributed by atoms with E-state index in [4.69, 9.17) is 9.47 Å². The molecule has 3 rings (SSSR count). The third kappa shape index (κ3) is 5.23. The lowest BCUT2D eigenvalue weighted by Crippen LogP contribution is -2.42. The van der Waals surface area contributed by atoms with Gasteiger partial charge in [-0.15, -0.1) is 0 Å². The number of methoxy groups -OCH3 is 1. The predicted molar refractivity (Wildman–Crippen MR) is 112 cm³/mol. The molecule has 1 aromatic carbocycles. The van der Waals surface area contributed by atoms with Crippen LogP contribution in [0.4, 0.5) is 4.79 Å². The fourth-order valence-electron chi connectivity index (χ4n) is 3.04. The van der Waals surface area contributed by atoms with E-state index < -0.39 is 24.5 Å². The Balaban J connectivity index is 1.79. The number of aromatic nitrogens is 3. The maximum absolute atomic E-state index is 12.8. The molecule has 0 saturated carbocycles. The summed E-state index contributed by atoms with van der Waals surface area (Å²) in [6, 6.07) is 10.3. The number of aryl methyl sites for hydroxylation is 2. The molecule has 3 amide bonds. The van der Waals surface area contributed by atoms with Gasteiger partial charge in [0.2, 0.25) is 0 Å². The molecule has 0 fully saturated rings. The molecule has 162 valence electrons. The number of carbonyl (C=O) groups is 3. The number of hydrogen-bond acceptors (Lipinski definition) is 7. The van der Waals surface area contributed by atoms with Crippen LogP contribution in [0.1, 0.15) is 16.1 Å². The topological polar surface area (TPSA) is 124 Å². The molecule has 0 bridgehead atoms. The maximum Gasteiger partial charge on any atom is 0.339 e. The van der Waals surface area contributed by atoms with Crippen LogP contribution in [0.3, 0.4) is 0 Å². The van der Waals surface area contributed by atoms with Gasteiger partial charge in [-0.1, -0.05) is 30.3 Å². The highest BCUT2D eigenvalue weighted by atomic mass is 16.5. The first-order valence-corrected chi connectivity index (χ1v) is 9.54. The highest BCUT2D eigenvalue weighted by Crippen LogP contribution is 2.27. The molecule has 2 N–H and O–H groups in total. The van der Waals surface area contributed by atoms with E-state index in [2.05, 4.69) is 20.7 Å². The van der Waals surface area contributed by atoms with Gasteiger partial charge < -0.3 is 14.8 Å². The maximum atomic E-state index is 12.8. The number of benzene rings is 1. The summed E-state index contributed by atoms with van der Waals surface area (Å²) in [7, 11) is 3.23. The average Bonchev–Trinajstić information content (AvgIpc) is 3.05. The van der Waals surface area contributed by atoms with Crippen LogP contribution in [0.5, 0.6) is 0 Å². The third-order valence-electron chi connectivity index (χ3n) is 4.44. The Morgan fingerprint density at radius 1 is 1.16 bits per heavy atom. The molecule has 0 aliphatic rings. The summed E-state index contributed by atoms with van der Waals surface area (Å²) in [6.45, 7) is 1.70. The number of pyridine rings is 1. The Bertz CT molecular complexity index is 1110. The van der Waals surface area contributed by atoms with Gasteiger partial charge in [0.25, 0.3) is 5.91 Å². The van der Waals surface area contributed by atoms with Crippen LogP contribution in [0.2, 0.25) is 0 Å². The van der Waals surface area contributed by atoms with Crippen molar-refractivity contribution in [3.8, 4) is 11.3 Å². The van der Waals surface area contributed by atoms with Gasteiger partial charge in [0, 0.05) is 26.3 Å². The van der Waals surface area contributed by atoms with Gasteiger partial charge in [0.05, 0.1) is 28.9 Å². The van der Waals surface area contributed by atoms with Crippen LogP contribution in [0.15, 0.2) is 36.4 Å². The van der Waals surface area contributed by atoms with E-state index in [-0.39, 0.29) is 12.1 Å². The molecule has 0 saturated heterocycles. The van der Waals surface area contributed by atoms with Crippen molar-refractivity contribution < 1.29 is 23.9 Å². The summed E-state index contributed by atoms with van der Waals surface area (Å²) in [5, 5.41) is 9.41. The molecular formula is C21H23N5O5. The number of ether oxygens (including phenoxy) is 2. The number of rotatable bonds is 7. The molecule has 2 aromatic heterocycles. The molecule has 10 nitrogen and oxygen atoms in total. The molecule has 0 atom stereocenters. The van der Waals surface area contributed by atoms with E-state index in [1.807, 2.05) is 30.3 Å². The Hall–Kier alpha value is -3.79. The molecular weight excluding hydrogens is 402 g/mol. The fourth-order valence-corrected chi connectivity index (χ4v) is 3.04. The largest absolute Gasteiger partial charge is 0.452 e. The number of amides is 3. The van der Waals surface area contributed by atoms with Crippen molar-refractivity contribution in [2.24, 2.45) is 7.05 Å². The summed E-state index contributed by atoms with van der Waals surface area (Å²) in [5.74, 6) is -1.46. The lowest BCUT2D eigenvalue weighted by atomic mass is 10.1. The SMILES string of the molecule is COCCNC(=O)NC(=O)COC(=O)c1cc(-c2ccccc2)nc2c1c(C)nn2C. The number of fused-ring (bicyclic) bond motifs is 1. The van der Waals surface area contributed by atoms with E-state index in [0.717, 1.165) is 5.56 Å². The van der Waals surface area contributed by atoms with Gasteiger partial charge in [0.15, 0.2) is 12.3 Å². The number of nitrogens with zero attached hydrogens (tertiary/aromatic N) is 3. The molecule has 3 aromatic rings. The van der Waals surface area contributed by atoms with E-state index >= 15 is 0 Å². The number of nitrogens with one attached hydrogen (secondary N) is 2. The first kappa shape index (κ1) is 21.9. The van der Waals surface area contributed by atoms with Crippen LogP contribution in [0, 0.1) is 6.92 Å². The van der Waals surface area contributed by atoms with E-state index in [1.165, 1.54) is 7.11 Å². The zero-order valence-corrected chi connectivity index (χ0v) is 17.5. The molecule has 31 heavy (non-hydrogen) atoms. The van der Waals surface area contributed by atoms with Crippen LogP contribution in [-0.2, 0) is 21.3 Å². The minimum absolute atomic E-state index is 0.242. The average molecular weight is 425 g/mol. The van der Waals surface area contributed by atoms with Gasteiger partial charge in [-0.05, 0) is 13.0 Å². The Labute approximate surface area is 178 Å². The second-order valence-electron chi connectivity index (χ2n) is 6.70. The van der Waals surface area contributed by atoms with Gasteiger partial charge in [-0.3, -0.25) is 14.8 Å². The summed E-state index contributed by atoms with van der Waals surface area (Å²) >= 11 is 0. The number of imide groups is 1. The van der Waals surface area contributed by atoms with Crippen molar-refractivity contribution in [1.29, 1.82) is 0 Å². The fraction of sp³-hybridized carbons (Fsp3) is 0.286. The molecule has 0 unspecified atom stereocenters. The van der Waals surface area contributed by atoms with Crippen LogP contribution >= 0.6 is 0 Å². The number of esters is 1. The van der Waals surface area contributed by atoms with Crippen molar-refractivity contribution in [1.82, 2.24) is 25.4 Å². The second kappa shape index (κ2) is 9.81. The van der Waals surface area contributed by atoms with Gasteiger partial charge in [-0.25, -0.2) is 14.6 Å². The lowest BCUT2D eigenvalue weighted by molar-refractivity contribution is -0.123. The van der Waals surface area contributed by atoms with Crippen molar-refractivity contribution >= 4 is 28.9 Å². The minimum atomic E-state index is -0.750. The molecule has 0 radical (unpaired) electrons. The van der Waals surface area contributed by atoms with Crippen LogP contribution < -0.4 is 10.6 Å². The van der Waals surface area contributed by atoms with Crippen molar-refractivity contribution in [2.45, 2.75) is 6.92 Å². The summed E-state index contributed by atoms with van der Waals surface area (Å²) in [5.41, 5.74) is 2.77. The van der Waals surface area contributed by atoms with Crippen molar-refractivity contribution in [2.75, 3.05) is 26.9 Å². The summed E-state index contributed by atoms with van der Waals surface area (Å²) in [6.07, 6.45) is 0. The quantitative estimate of drug-likeness (QED) is 0.435. The van der Waals surface area contributed by atoms with E-state index in [0.29, 0.717) is 29.0 Å². The number of hydrogen-bond donors (Lipinski definition) is 2. The van der Waals surface area contributed by atoms with E-state index in [9.17, 15) is 14.4 Å². The monoisotopic (exact) mass is 425 g/mol. The van der Waals surface area contributed by atoms with Crippen molar-refractivity contribution in [3.63, 3.8) is 0 Å². The second-order valence-corrected chi connectivity index (χ2v) is 6.70. The highest BCUT2D eigenvalue weighted by molar-refractivity contribution is 6.05. The van der Waals surface area contributed by atoms with Crippen molar-refractivity contribution in [3.05, 3.63) is 47.7 Å². The molecule has 0 aliphatic carbocycles. The first-order chi connectivity index (χ1) is 14.9. The zero-order valence-electron chi connectivity index (χ0n) is 17.5. The van der Waals surface area contributed by atoms with Crippen LogP contribution in [0.25, 0.3) is 22.3 Å². The lowest BCUT2D eigenvalue weighted by Gasteiger charge is -2.09. The predicted octanol–water partition coefficient (Wildman–Crippen LogP) is 1.57. The first-order valence-electron chi connectivity index (χ1n) is 9.54. The van der Waals surface area contributed by atoms with Gasteiger partial charge >= 0.3 is 12.0 Å². The highest BCUT2D eigenvalue weighted by Gasteiger charge is 2.21. The number of urea groups is 1. The van der Waals surface area contributed by atoms with E-state index in [1.54, 1.807) is 24.7 Å². The molecule has 0 aliphatic heterocycles.